The lowest BCUT2D eigenvalue weighted by atomic mass is 10.2. The lowest BCUT2D eigenvalue weighted by molar-refractivity contribution is 0.441. The van der Waals surface area contributed by atoms with Crippen molar-refractivity contribution >= 4 is 34.2 Å². The van der Waals surface area contributed by atoms with Crippen molar-refractivity contribution in [2.75, 3.05) is 7.05 Å². The third kappa shape index (κ3) is 2.78. The van der Waals surface area contributed by atoms with E-state index in [0.717, 1.165) is 9.13 Å². The molecule has 1 heterocycles. The van der Waals surface area contributed by atoms with Gasteiger partial charge in [-0.3, -0.25) is 0 Å². The van der Waals surface area contributed by atoms with E-state index >= 15 is 0 Å². The normalized spacial score (nSPS) is 12.7. The van der Waals surface area contributed by atoms with Crippen LogP contribution in [0.3, 0.4) is 0 Å². The number of rotatable bonds is 3. The fourth-order valence-electron chi connectivity index (χ4n) is 1.30. The summed E-state index contributed by atoms with van der Waals surface area (Å²) in [6.07, 6.45) is 0. The number of hydrogen-bond acceptors (Lipinski definition) is 4. The van der Waals surface area contributed by atoms with Crippen LogP contribution in [0.15, 0.2) is 22.6 Å². The molecule has 1 aromatic heterocycles. The Morgan fingerprint density at radius 2 is 2.18 bits per heavy atom. The van der Waals surface area contributed by atoms with E-state index < -0.39 is 0 Å². The molecule has 6 heteroatoms. The van der Waals surface area contributed by atoms with Gasteiger partial charge in [-0.15, -0.1) is 10.2 Å². The minimum absolute atomic E-state index is 0.0353. The number of halogens is 2. The van der Waals surface area contributed by atoms with Crippen molar-refractivity contribution in [3.8, 4) is 11.5 Å². The second-order valence-electron chi connectivity index (χ2n) is 3.58. The van der Waals surface area contributed by atoms with Crippen molar-refractivity contribution in [1.29, 1.82) is 0 Å². The van der Waals surface area contributed by atoms with Gasteiger partial charge in [0, 0.05) is 8.59 Å². The van der Waals surface area contributed by atoms with Crippen molar-refractivity contribution in [2.45, 2.75) is 13.0 Å². The summed E-state index contributed by atoms with van der Waals surface area (Å²) >= 11 is 8.17. The summed E-state index contributed by atoms with van der Waals surface area (Å²) in [6.45, 7) is 1.96. The van der Waals surface area contributed by atoms with E-state index in [0.29, 0.717) is 16.8 Å². The maximum absolute atomic E-state index is 5.96. The lowest BCUT2D eigenvalue weighted by Crippen LogP contribution is -2.12. The molecule has 90 valence electrons. The van der Waals surface area contributed by atoms with Crippen LogP contribution >= 0.6 is 34.2 Å². The van der Waals surface area contributed by atoms with E-state index in [4.69, 9.17) is 16.0 Å². The van der Waals surface area contributed by atoms with Gasteiger partial charge in [0.15, 0.2) is 0 Å². The van der Waals surface area contributed by atoms with Crippen LogP contribution in [-0.4, -0.2) is 17.2 Å². The molecule has 4 nitrogen and oxygen atoms in total. The molecule has 1 unspecified atom stereocenters. The number of benzene rings is 1. The second-order valence-corrected chi connectivity index (χ2v) is 5.18. The Morgan fingerprint density at radius 3 is 2.88 bits per heavy atom. The minimum atomic E-state index is 0.0353. The Kier molecular flexibility index (Phi) is 4.01. The van der Waals surface area contributed by atoms with Gasteiger partial charge in [-0.25, -0.2) is 0 Å². The van der Waals surface area contributed by atoms with Crippen LogP contribution in [0.25, 0.3) is 11.5 Å². The van der Waals surface area contributed by atoms with E-state index in [1.165, 1.54) is 0 Å². The molecule has 0 saturated carbocycles. The largest absolute Gasteiger partial charge is 0.419 e. The highest BCUT2D eigenvalue weighted by atomic mass is 127. The molecule has 0 spiro atoms. The van der Waals surface area contributed by atoms with Gasteiger partial charge in [0.2, 0.25) is 11.8 Å². The molecule has 17 heavy (non-hydrogen) atoms. The summed E-state index contributed by atoms with van der Waals surface area (Å²) in [5.41, 5.74) is 0.861. The van der Waals surface area contributed by atoms with Gasteiger partial charge in [0.25, 0.3) is 0 Å². The highest BCUT2D eigenvalue weighted by molar-refractivity contribution is 14.1. The molecule has 2 aromatic rings. The molecule has 0 aliphatic rings. The molecule has 1 atom stereocenters. The fourth-order valence-corrected chi connectivity index (χ4v) is 2.04. The van der Waals surface area contributed by atoms with Crippen molar-refractivity contribution in [3.63, 3.8) is 0 Å². The Hall–Kier alpha value is -0.660. The first kappa shape index (κ1) is 12.8. The molecule has 2 rings (SSSR count). The summed E-state index contributed by atoms with van der Waals surface area (Å²) < 4.78 is 6.64. The maximum Gasteiger partial charge on any atom is 0.248 e. The first-order chi connectivity index (χ1) is 8.11. The van der Waals surface area contributed by atoms with Crippen LogP contribution in [-0.2, 0) is 0 Å². The molecule has 0 aliphatic carbocycles. The van der Waals surface area contributed by atoms with Gasteiger partial charge in [-0.05, 0) is 54.8 Å². The third-order valence-electron chi connectivity index (χ3n) is 2.40. The molecule has 0 saturated heterocycles. The molecule has 0 amide bonds. The molecule has 0 fully saturated rings. The van der Waals surface area contributed by atoms with Crippen LogP contribution < -0.4 is 5.32 Å². The maximum atomic E-state index is 5.96. The highest BCUT2D eigenvalue weighted by Crippen LogP contribution is 2.28. The lowest BCUT2D eigenvalue weighted by Gasteiger charge is -2.03. The Bertz CT molecular complexity index is 529. The number of aromatic nitrogens is 2. The van der Waals surface area contributed by atoms with Crippen LogP contribution in [0, 0.1) is 3.57 Å². The molecule has 0 bridgehead atoms. The Balaban J connectivity index is 2.40. The second kappa shape index (κ2) is 5.32. The molecule has 1 N–H and O–H groups in total. The first-order valence-electron chi connectivity index (χ1n) is 5.08. The quantitative estimate of drug-likeness (QED) is 0.850. The first-order valence-corrected chi connectivity index (χ1v) is 6.53. The van der Waals surface area contributed by atoms with Gasteiger partial charge in [0.05, 0.1) is 11.6 Å². The standard InChI is InChI=1S/C11H11ClIN3O/c1-6(14-2)10-15-16-11(17-10)8-5-7(12)3-4-9(8)13/h3-6,14H,1-2H3. The zero-order chi connectivity index (χ0) is 12.4. The van der Waals surface area contributed by atoms with Gasteiger partial charge in [-0.1, -0.05) is 11.6 Å². The summed E-state index contributed by atoms with van der Waals surface area (Å²) in [5, 5.41) is 11.7. The Labute approximate surface area is 118 Å². The monoisotopic (exact) mass is 363 g/mol. The van der Waals surface area contributed by atoms with Crippen LogP contribution in [0.4, 0.5) is 0 Å². The zero-order valence-corrected chi connectivity index (χ0v) is 12.3. The van der Waals surface area contributed by atoms with Gasteiger partial charge < -0.3 is 9.73 Å². The van der Waals surface area contributed by atoms with Gasteiger partial charge in [-0.2, -0.15) is 0 Å². The van der Waals surface area contributed by atoms with Crippen molar-refractivity contribution < 1.29 is 4.42 Å². The topological polar surface area (TPSA) is 51.0 Å². The molecule has 0 aliphatic heterocycles. The van der Waals surface area contributed by atoms with Crippen LogP contribution in [0.1, 0.15) is 18.9 Å². The minimum Gasteiger partial charge on any atom is -0.419 e. The van der Waals surface area contributed by atoms with Crippen LogP contribution in [0.5, 0.6) is 0 Å². The third-order valence-corrected chi connectivity index (χ3v) is 3.58. The molecule has 1 aromatic carbocycles. The number of nitrogens with zero attached hydrogens (tertiary/aromatic N) is 2. The van der Waals surface area contributed by atoms with E-state index in [9.17, 15) is 0 Å². The number of hydrogen-bond donors (Lipinski definition) is 1. The summed E-state index contributed by atoms with van der Waals surface area (Å²) in [4.78, 5) is 0. The summed E-state index contributed by atoms with van der Waals surface area (Å²) in [7, 11) is 1.84. The van der Waals surface area contributed by atoms with E-state index in [1.807, 2.05) is 32.2 Å². The predicted molar refractivity (Wildman–Crippen MR) is 74.9 cm³/mol. The Morgan fingerprint density at radius 1 is 1.41 bits per heavy atom. The van der Waals surface area contributed by atoms with Crippen molar-refractivity contribution in [2.24, 2.45) is 0 Å². The van der Waals surface area contributed by atoms with E-state index in [1.54, 1.807) is 0 Å². The predicted octanol–water partition coefficient (Wildman–Crippen LogP) is 3.28. The number of nitrogens with one attached hydrogen (secondary N) is 1. The average molecular weight is 364 g/mol. The fraction of sp³-hybridized carbons (Fsp3) is 0.273. The van der Waals surface area contributed by atoms with Gasteiger partial charge in [0.1, 0.15) is 0 Å². The average Bonchev–Trinajstić information content (AvgIpc) is 2.80. The highest BCUT2D eigenvalue weighted by Gasteiger charge is 2.15. The van der Waals surface area contributed by atoms with E-state index in [2.05, 4.69) is 38.1 Å². The summed E-state index contributed by atoms with van der Waals surface area (Å²) in [6, 6.07) is 5.61. The zero-order valence-electron chi connectivity index (χ0n) is 9.37. The molecule has 0 radical (unpaired) electrons. The van der Waals surface area contributed by atoms with Gasteiger partial charge >= 0.3 is 0 Å². The smallest absolute Gasteiger partial charge is 0.248 e. The molecular formula is C11H11ClIN3O. The van der Waals surface area contributed by atoms with E-state index in [-0.39, 0.29) is 6.04 Å². The summed E-state index contributed by atoms with van der Waals surface area (Å²) in [5.74, 6) is 1.06. The SMILES string of the molecule is CNC(C)c1nnc(-c2cc(Cl)ccc2I)o1. The molecular weight excluding hydrogens is 352 g/mol. The van der Waals surface area contributed by atoms with Crippen molar-refractivity contribution in [1.82, 2.24) is 15.5 Å². The van der Waals surface area contributed by atoms with Crippen LogP contribution in [0.2, 0.25) is 5.02 Å². The van der Waals surface area contributed by atoms with Crippen molar-refractivity contribution in [3.05, 3.63) is 32.7 Å².